The molecule has 0 fully saturated rings. The Bertz CT molecular complexity index is 39.9. The van der Waals surface area contributed by atoms with Crippen LogP contribution in [-0.4, -0.2) is 6.29 Å². The highest BCUT2D eigenvalue weighted by Crippen LogP contribution is 1.80. The van der Waals surface area contributed by atoms with Crippen LogP contribution in [0.4, 0.5) is 0 Å². The normalized spacial score (nSPS) is 7.33. The summed E-state index contributed by atoms with van der Waals surface area (Å²) in [7, 11) is 0. The van der Waals surface area contributed by atoms with E-state index >= 15 is 0 Å². The average Bonchev–Trinajstić information content (AvgIpc) is 1.61. The smallest absolute Gasteiger partial charge is 0.198 e. The molecule has 0 aromatic carbocycles. The van der Waals surface area contributed by atoms with Gasteiger partial charge in [-0.3, -0.25) is 4.79 Å². The summed E-state index contributed by atoms with van der Waals surface area (Å²) >= 11 is 0. The Kier molecular flexibility index (Phi) is 3.98. The second kappa shape index (κ2) is 4.41. The lowest BCUT2D eigenvalue weighted by molar-refractivity contribution is 0.552. The van der Waals surface area contributed by atoms with Crippen molar-refractivity contribution in [3.8, 4) is 0 Å². The molecule has 2 radical (unpaired) electrons. The number of hydrogen-bond acceptors (Lipinski definition) is 1. The van der Waals surface area contributed by atoms with Gasteiger partial charge in [0.1, 0.15) is 0 Å². The van der Waals surface area contributed by atoms with Crippen molar-refractivity contribution in [3.63, 3.8) is 0 Å². The molecule has 0 aromatic rings. The van der Waals surface area contributed by atoms with Crippen LogP contribution in [0.15, 0.2) is 6.08 Å². The third kappa shape index (κ3) is 3.41. The van der Waals surface area contributed by atoms with Gasteiger partial charge in [-0.1, -0.05) is 12.7 Å². The molecule has 0 bridgehead atoms. The summed E-state index contributed by atoms with van der Waals surface area (Å²) in [4.78, 5) is 9.36. The van der Waals surface area contributed by atoms with Gasteiger partial charge in [0.05, 0.1) is 0 Å². The Balaban J connectivity index is 2.66. The molecule has 6 heavy (non-hydrogen) atoms. The summed E-state index contributed by atoms with van der Waals surface area (Å²) in [5, 5.41) is 0. The zero-order valence-electron chi connectivity index (χ0n) is 3.48. The number of unbranched alkanes of at least 4 members (excludes halogenated alkanes) is 1. The summed E-state index contributed by atoms with van der Waals surface area (Å²) in [5.74, 6) is 0. The maximum absolute atomic E-state index is 9.36. The quantitative estimate of drug-likeness (QED) is 0.461. The van der Waals surface area contributed by atoms with E-state index in [0.29, 0.717) is 12.8 Å². The van der Waals surface area contributed by atoms with E-state index in [0.717, 1.165) is 0 Å². The second-order valence-corrected chi connectivity index (χ2v) is 0.919. The standard InChI is InChI=1S/C5H6O/c1-2-3-4-5-6/h1-2H,3-4H2. The predicted octanol–water partition coefficient (Wildman–Crippen LogP) is 0.865. The summed E-state index contributed by atoms with van der Waals surface area (Å²) < 4.78 is 0. The predicted molar refractivity (Wildman–Crippen MR) is 23.8 cm³/mol. The molecule has 0 heterocycles. The van der Waals surface area contributed by atoms with Gasteiger partial charge in [-0.15, -0.1) is 0 Å². The summed E-state index contributed by atoms with van der Waals surface area (Å²) in [5.41, 5.74) is 0. The molecule has 1 nitrogen and oxygen atoms in total. The zero-order valence-corrected chi connectivity index (χ0v) is 3.48. The van der Waals surface area contributed by atoms with Crippen LogP contribution < -0.4 is 0 Å². The largest absolute Gasteiger partial charge is 0.291 e. The first-order valence-electron chi connectivity index (χ1n) is 1.80. The SMILES string of the molecule is [CH]=CCC[C]=O. The van der Waals surface area contributed by atoms with E-state index in [1.807, 2.05) is 0 Å². The van der Waals surface area contributed by atoms with E-state index in [1.165, 1.54) is 6.08 Å². The molecule has 1 heteroatoms. The van der Waals surface area contributed by atoms with E-state index in [1.54, 1.807) is 6.29 Å². The fourth-order valence-electron chi connectivity index (χ4n) is 0.142. The van der Waals surface area contributed by atoms with Crippen molar-refractivity contribution in [1.82, 2.24) is 0 Å². The van der Waals surface area contributed by atoms with Crippen molar-refractivity contribution < 1.29 is 4.79 Å². The van der Waals surface area contributed by atoms with E-state index in [-0.39, 0.29) is 0 Å². The molecular weight excluding hydrogens is 76.1 g/mol. The van der Waals surface area contributed by atoms with Crippen molar-refractivity contribution in [1.29, 1.82) is 0 Å². The van der Waals surface area contributed by atoms with Gasteiger partial charge < -0.3 is 0 Å². The van der Waals surface area contributed by atoms with Crippen LogP contribution >= 0.6 is 0 Å². The van der Waals surface area contributed by atoms with Crippen molar-refractivity contribution in [2.24, 2.45) is 0 Å². The van der Waals surface area contributed by atoms with Gasteiger partial charge in [0, 0.05) is 6.42 Å². The van der Waals surface area contributed by atoms with E-state index in [4.69, 9.17) is 6.58 Å². The molecule has 32 valence electrons. The summed E-state index contributed by atoms with van der Waals surface area (Å²) in [6.45, 7) is 4.91. The monoisotopic (exact) mass is 82.0 g/mol. The average molecular weight is 82.1 g/mol. The van der Waals surface area contributed by atoms with Crippen molar-refractivity contribution in [2.45, 2.75) is 12.8 Å². The third-order valence-electron chi connectivity index (χ3n) is 0.413. The topological polar surface area (TPSA) is 17.1 Å². The number of rotatable bonds is 3. The van der Waals surface area contributed by atoms with Gasteiger partial charge in [-0.25, -0.2) is 0 Å². The first-order valence-corrected chi connectivity index (χ1v) is 1.80. The summed E-state index contributed by atoms with van der Waals surface area (Å²) in [6, 6.07) is 0. The maximum atomic E-state index is 9.36. The molecule has 0 N–H and O–H groups in total. The van der Waals surface area contributed by atoms with Crippen LogP contribution in [0.25, 0.3) is 0 Å². The Morgan fingerprint density at radius 3 is 2.67 bits per heavy atom. The Morgan fingerprint density at radius 1 is 1.83 bits per heavy atom. The lowest BCUT2D eigenvalue weighted by atomic mass is 10.3. The molecule has 0 saturated carbocycles. The highest BCUT2D eigenvalue weighted by Gasteiger charge is 1.72. The summed E-state index contributed by atoms with van der Waals surface area (Å²) in [6.07, 6.45) is 4.23. The van der Waals surface area contributed by atoms with Crippen LogP contribution in [0.5, 0.6) is 0 Å². The first kappa shape index (κ1) is 5.41. The van der Waals surface area contributed by atoms with Gasteiger partial charge >= 0.3 is 0 Å². The molecule has 0 atom stereocenters. The van der Waals surface area contributed by atoms with Gasteiger partial charge in [0.2, 0.25) is 0 Å². The van der Waals surface area contributed by atoms with Gasteiger partial charge in [0.25, 0.3) is 0 Å². The van der Waals surface area contributed by atoms with Crippen LogP contribution in [0.2, 0.25) is 0 Å². The lowest BCUT2D eigenvalue weighted by Crippen LogP contribution is -1.66. The molecule has 0 spiro atoms. The maximum Gasteiger partial charge on any atom is 0.198 e. The molecule has 0 saturated heterocycles. The number of allylic oxidation sites excluding steroid dienone is 1. The molecule has 0 aromatic heterocycles. The minimum absolute atomic E-state index is 0.427. The van der Waals surface area contributed by atoms with Gasteiger partial charge in [-0.2, -0.15) is 0 Å². The lowest BCUT2D eigenvalue weighted by Gasteiger charge is -1.71. The Labute approximate surface area is 37.7 Å². The molecule has 0 rings (SSSR count). The minimum Gasteiger partial charge on any atom is -0.291 e. The molecule has 0 amide bonds. The fourth-order valence-corrected chi connectivity index (χ4v) is 0.142. The highest BCUT2D eigenvalue weighted by molar-refractivity contribution is 5.50. The van der Waals surface area contributed by atoms with Crippen LogP contribution in [0.1, 0.15) is 12.8 Å². The molecule has 0 aliphatic heterocycles. The second-order valence-electron chi connectivity index (χ2n) is 0.919. The minimum atomic E-state index is 0.427. The molecule has 0 aliphatic rings. The Morgan fingerprint density at radius 2 is 2.50 bits per heavy atom. The van der Waals surface area contributed by atoms with Crippen LogP contribution in [-0.2, 0) is 4.79 Å². The first-order chi connectivity index (χ1) is 2.91. The molecule has 0 unspecified atom stereocenters. The molecular formula is C5H6O. The zero-order chi connectivity index (χ0) is 4.83. The number of carbonyl (C=O) groups excluding carboxylic acids is 1. The van der Waals surface area contributed by atoms with Gasteiger partial charge in [0.15, 0.2) is 6.29 Å². The van der Waals surface area contributed by atoms with E-state index in [2.05, 4.69) is 0 Å². The third-order valence-corrected chi connectivity index (χ3v) is 0.413. The molecule has 0 aliphatic carbocycles. The highest BCUT2D eigenvalue weighted by atomic mass is 16.1. The Hall–Kier alpha value is -0.590. The fraction of sp³-hybridized carbons (Fsp3) is 0.400. The van der Waals surface area contributed by atoms with Crippen molar-refractivity contribution in [2.75, 3.05) is 0 Å². The van der Waals surface area contributed by atoms with Crippen LogP contribution in [0.3, 0.4) is 0 Å². The van der Waals surface area contributed by atoms with Gasteiger partial charge in [-0.05, 0) is 6.42 Å². The van der Waals surface area contributed by atoms with Crippen molar-refractivity contribution >= 4 is 6.29 Å². The number of hydrogen-bond donors (Lipinski definition) is 0. The van der Waals surface area contributed by atoms with E-state index in [9.17, 15) is 4.79 Å². The van der Waals surface area contributed by atoms with E-state index < -0.39 is 0 Å². The van der Waals surface area contributed by atoms with Crippen molar-refractivity contribution in [3.05, 3.63) is 12.7 Å². The van der Waals surface area contributed by atoms with Crippen LogP contribution in [0, 0.1) is 6.58 Å².